The van der Waals surface area contributed by atoms with E-state index in [0.717, 1.165) is 16.2 Å². The van der Waals surface area contributed by atoms with Crippen molar-refractivity contribution in [1.29, 1.82) is 0 Å². The highest BCUT2D eigenvalue weighted by Gasteiger charge is 2.41. The zero-order valence-electron chi connectivity index (χ0n) is 23.3. The number of anilines is 1. The van der Waals surface area contributed by atoms with E-state index in [4.69, 9.17) is 4.74 Å². The summed E-state index contributed by atoms with van der Waals surface area (Å²) < 4.78 is 76.7. The van der Waals surface area contributed by atoms with E-state index in [1.807, 2.05) is 0 Å². The first-order chi connectivity index (χ1) is 19.7. The molecular weight excluding hydrogens is 591 g/mol. The van der Waals surface area contributed by atoms with Crippen molar-refractivity contribution in [3.05, 3.63) is 74.8 Å². The summed E-state index contributed by atoms with van der Waals surface area (Å²) in [5.74, 6) is -3.47. The minimum Gasteiger partial charge on any atom is -0.456 e. The molecule has 0 spiro atoms. The molecule has 0 radical (unpaired) electrons. The van der Waals surface area contributed by atoms with Crippen molar-refractivity contribution in [1.82, 2.24) is 9.47 Å². The number of likely N-dealkylation sites (tertiary alicyclic amines) is 1. The van der Waals surface area contributed by atoms with Crippen LogP contribution in [0.3, 0.4) is 0 Å². The second kappa shape index (κ2) is 10.8. The van der Waals surface area contributed by atoms with Gasteiger partial charge < -0.3 is 14.2 Å². The summed E-state index contributed by atoms with van der Waals surface area (Å²) in [5, 5.41) is 0.380. The Kier molecular flexibility index (Phi) is 7.60. The molecule has 2 aromatic carbocycles. The Morgan fingerprint density at radius 2 is 1.81 bits per heavy atom. The lowest BCUT2D eigenvalue weighted by Gasteiger charge is -2.18. The number of alkyl halides is 2. The molecule has 0 unspecified atom stereocenters. The van der Waals surface area contributed by atoms with Crippen LogP contribution < -0.4 is 15.0 Å². The molecule has 1 amide bonds. The number of aromatic nitrogens is 1. The van der Waals surface area contributed by atoms with E-state index < -0.39 is 40.6 Å². The number of hydrogen-bond acceptors (Lipinski definition) is 6. The molecule has 1 fully saturated rings. The summed E-state index contributed by atoms with van der Waals surface area (Å²) >= 11 is 0.913. The molecule has 4 aromatic rings. The lowest BCUT2D eigenvalue weighted by atomic mass is 10.0. The summed E-state index contributed by atoms with van der Waals surface area (Å²) in [6.45, 7) is 4.09. The molecule has 5 rings (SSSR count). The minimum atomic E-state index is -3.64. The zero-order chi connectivity index (χ0) is 30.6. The van der Waals surface area contributed by atoms with Crippen molar-refractivity contribution in [2.45, 2.75) is 33.1 Å². The number of nitrogens with one attached hydrogen (secondary N) is 1. The molecule has 1 aliphatic rings. The van der Waals surface area contributed by atoms with Gasteiger partial charge in [-0.3, -0.25) is 14.3 Å². The van der Waals surface area contributed by atoms with Crippen molar-refractivity contribution in [2.75, 3.05) is 23.6 Å². The van der Waals surface area contributed by atoms with Gasteiger partial charge in [-0.2, -0.15) is 0 Å². The smallest absolute Gasteiger partial charge is 0.268 e. The quantitative estimate of drug-likeness (QED) is 0.271. The van der Waals surface area contributed by atoms with Crippen LogP contribution >= 0.6 is 11.3 Å². The van der Waals surface area contributed by atoms with Gasteiger partial charge in [0.15, 0.2) is 0 Å². The van der Waals surface area contributed by atoms with Crippen LogP contribution in [0.4, 0.5) is 18.9 Å². The van der Waals surface area contributed by atoms with Gasteiger partial charge in [0.25, 0.3) is 17.4 Å². The second-order valence-electron chi connectivity index (χ2n) is 10.3. The highest BCUT2D eigenvalue weighted by Crippen LogP contribution is 2.42. The van der Waals surface area contributed by atoms with Crippen LogP contribution in [0, 0.1) is 19.7 Å². The maximum atomic E-state index is 14.0. The molecular formula is C29H28F3N3O5S2. The van der Waals surface area contributed by atoms with Crippen molar-refractivity contribution in [3.8, 4) is 22.6 Å². The van der Waals surface area contributed by atoms with Crippen LogP contribution in [0.2, 0.25) is 0 Å². The minimum absolute atomic E-state index is 0.0983. The van der Waals surface area contributed by atoms with Crippen molar-refractivity contribution in [2.24, 2.45) is 7.05 Å². The fourth-order valence-corrected chi connectivity index (χ4v) is 6.68. The molecule has 13 heteroatoms. The Labute approximate surface area is 244 Å². The second-order valence-corrected chi connectivity index (χ2v) is 13.4. The Balaban J connectivity index is 1.70. The number of thiophene rings is 1. The normalized spacial score (nSPS) is 14.9. The third-order valence-corrected chi connectivity index (χ3v) is 9.51. The van der Waals surface area contributed by atoms with Crippen LogP contribution in [0.15, 0.2) is 47.4 Å². The van der Waals surface area contributed by atoms with Gasteiger partial charge >= 0.3 is 0 Å². The van der Waals surface area contributed by atoms with Crippen molar-refractivity contribution >= 4 is 43.0 Å². The number of carbonyl (C=O) groups is 1. The van der Waals surface area contributed by atoms with Crippen LogP contribution in [-0.4, -0.2) is 48.6 Å². The first-order valence-electron chi connectivity index (χ1n) is 13.1. The summed E-state index contributed by atoms with van der Waals surface area (Å²) in [4.78, 5) is 27.5. The monoisotopic (exact) mass is 619 g/mol. The summed E-state index contributed by atoms with van der Waals surface area (Å²) in [6, 6.07) is 8.79. The molecule has 1 saturated heterocycles. The van der Waals surface area contributed by atoms with Gasteiger partial charge in [-0.05, 0) is 68.3 Å². The van der Waals surface area contributed by atoms with Crippen molar-refractivity contribution in [3.63, 3.8) is 0 Å². The lowest BCUT2D eigenvalue weighted by Crippen LogP contribution is -2.30. The number of carbonyl (C=O) groups excluding carboxylic acids is 1. The van der Waals surface area contributed by atoms with Gasteiger partial charge in [0.2, 0.25) is 10.0 Å². The molecule has 0 atom stereocenters. The molecule has 222 valence electrons. The topological polar surface area (TPSA) is 97.7 Å². The van der Waals surface area contributed by atoms with Gasteiger partial charge in [0.05, 0.1) is 17.2 Å². The maximum absolute atomic E-state index is 14.0. The van der Waals surface area contributed by atoms with Crippen LogP contribution in [0.1, 0.15) is 34.1 Å². The lowest BCUT2D eigenvalue weighted by molar-refractivity contribution is 0.0121. The molecule has 0 bridgehead atoms. The Morgan fingerprint density at radius 1 is 1.12 bits per heavy atom. The number of fused-ring (bicyclic) bond motifs is 1. The average Bonchev–Trinajstić information content (AvgIpc) is 3.52. The molecule has 3 heterocycles. The molecule has 42 heavy (non-hydrogen) atoms. The van der Waals surface area contributed by atoms with E-state index in [1.54, 1.807) is 32.2 Å². The Morgan fingerprint density at radius 3 is 2.43 bits per heavy atom. The molecule has 8 nitrogen and oxygen atoms in total. The average molecular weight is 620 g/mol. The van der Waals surface area contributed by atoms with E-state index in [9.17, 15) is 31.2 Å². The first kappa shape index (κ1) is 29.6. The molecule has 2 aromatic heterocycles. The van der Waals surface area contributed by atoms with E-state index in [0.29, 0.717) is 33.4 Å². The van der Waals surface area contributed by atoms with E-state index >= 15 is 0 Å². The standard InChI is InChI=1S/C29H28F3N3O5S2/c1-5-42(38,39)33-19-6-7-23(40-25-16(2)10-18(30)11-17(25)3)20(12-19)22-14-34(4)28(37)26-21(22)13-24(41-26)27(36)35-9-8-29(31,32)15-35/h6-7,10-14,33H,5,8-9,15H2,1-4H3. The van der Waals surface area contributed by atoms with Crippen molar-refractivity contribution < 1.29 is 31.1 Å². The van der Waals surface area contributed by atoms with Crippen LogP contribution in [0.25, 0.3) is 21.2 Å². The van der Waals surface area contributed by atoms with Gasteiger partial charge in [-0.25, -0.2) is 21.6 Å². The first-order valence-corrected chi connectivity index (χ1v) is 15.5. The van der Waals surface area contributed by atoms with E-state index in [2.05, 4.69) is 4.72 Å². The molecule has 1 aliphatic heterocycles. The van der Waals surface area contributed by atoms with Gasteiger partial charge in [0.1, 0.15) is 22.0 Å². The third kappa shape index (κ3) is 5.75. The number of rotatable bonds is 7. The number of sulfonamides is 1. The highest BCUT2D eigenvalue weighted by atomic mass is 32.2. The summed E-state index contributed by atoms with van der Waals surface area (Å²) in [7, 11) is -2.11. The Hall–Kier alpha value is -3.84. The van der Waals surface area contributed by atoms with E-state index in [-0.39, 0.29) is 38.9 Å². The number of pyridine rings is 1. The third-order valence-electron chi connectivity index (χ3n) is 7.09. The summed E-state index contributed by atoms with van der Waals surface area (Å²) in [6.07, 6.45) is 1.11. The van der Waals surface area contributed by atoms with Crippen LogP contribution in [-0.2, 0) is 17.1 Å². The predicted octanol–water partition coefficient (Wildman–Crippen LogP) is 6.06. The molecule has 0 saturated carbocycles. The van der Waals surface area contributed by atoms with E-state index in [1.165, 1.54) is 42.8 Å². The maximum Gasteiger partial charge on any atom is 0.268 e. The fourth-order valence-electron chi connectivity index (χ4n) is 4.93. The highest BCUT2D eigenvalue weighted by molar-refractivity contribution is 7.92. The van der Waals surface area contributed by atoms with Gasteiger partial charge in [-0.15, -0.1) is 11.3 Å². The summed E-state index contributed by atoms with van der Waals surface area (Å²) in [5.41, 5.74) is 1.75. The van der Waals surface area contributed by atoms with Crippen LogP contribution in [0.5, 0.6) is 11.5 Å². The Bertz CT molecular complexity index is 1880. The number of amides is 1. The predicted molar refractivity (Wildman–Crippen MR) is 157 cm³/mol. The zero-order valence-corrected chi connectivity index (χ0v) is 24.9. The SMILES string of the molecule is CCS(=O)(=O)Nc1ccc(Oc2c(C)cc(F)cc2C)c(-c2cn(C)c(=O)c3sc(C(=O)N4CCC(F)(F)C4)cc23)c1. The van der Waals surface area contributed by atoms with Gasteiger partial charge in [-0.1, -0.05) is 0 Å². The number of ether oxygens (including phenoxy) is 1. The fraction of sp³-hybridized carbons (Fsp3) is 0.310. The molecule has 1 N–H and O–H groups in total. The number of halogens is 3. The largest absolute Gasteiger partial charge is 0.456 e. The number of nitrogens with zero attached hydrogens (tertiary/aromatic N) is 2. The number of hydrogen-bond donors (Lipinski definition) is 1. The van der Waals surface area contributed by atoms with Gasteiger partial charge in [0, 0.05) is 48.4 Å². The number of benzene rings is 2. The molecule has 0 aliphatic carbocycles. The number of aryl methyl sites for hydroxylation is 3.